The third-order valence-corrected chi connectivity index (χ3v) is 2.69. The Morgan fingerprint density at radius 3 is 2.45 bits per heavy atom. The SMILES string of the molecule is Cl.N#C/C(=C/c1ccccc1)c1ncnc(Cl)c1C#N. The van der Waals surface area contributed by atoms with Gasteiger partial charge in [0.25, 0.3) is 0 Å². The van der Waals surface area contributed by atoms with E-state index in [2.05, 4.69) is 9.97 Å². The molecule has 0 saturated carbocycles. The van der Waals surface area contributed by atoms with Crippen molar-refractivity contribution in [3.63, 3.8) is 0 Å². The number of rotatable bonds is 2. The van der Waals surface area contributed by atoms with E-state index in [9.17, 15) is 5.26 Å². The van der Waals surface area contributed by atoms with Crippen LogP contribution in [0, 0.1) is 22.7 Å². The molecule has 1 heterocycles. The molecule has 20 heavy (non-hydrogen) atoms. The van der Waals surface area contributed by atoms with E-state index in [1.165, 1.54) is 6.33 Å². The summed E-state index contributed by atoms with van der Waals surface area (Å²) >= 11 is 5.82. The average Bonchev–Trinajstić information content (AvgIpc) is 2.45. The van der Waals surface area contributed by atoms with Crippen LogP contribution in [0.5, 0.6) is 0 Å². The van der Waals surface area contributed by atoms with Gasteiger partial charge in [-0.15, -0.1) is 12.4 Å². The Morgan fingerprint density at radius 1 is 1.15 bits per heavy atom. The molecule has 0 aliphatic rings. The van der Waals surface area contributed by atoms with Gasteiger partial charge < -0.3 is 0 Å². The van der Waals surface area contributed by atoms with E-state index in [-0.39, 0.29) is 34.4 Å². The summed E-state index contributed by atoms with van der Waals surface area (Å²) in [5.41, 5.74) is 1.46. The summed E-state index contributed by atoms with van der Waals surface area (Å²) in [6, 6.07) is 13.3. The van der Waals surface area contributed by atoms with Gasteiger partial charge in [0.2, 0.25) is 0 Å². The fourth-order valence-electron chi connectivity index (χ4n) is 1.54. The van der Waals surface area contributed by atoms with Crippen LogP contribution in [-0.4, -0.2) is 9.97 Å². The molecule has 1 aromatic carbocycles. The maximum absolute atomic E-state index is 9.22. The topological polar surface area (TPSA) is 73.4 Å². The molecule has 1 aromatic heterocycles. The number of allylic oxidation sites excluding steroid dienone is 1. The van der Waals surface area contributed by atoms with Crippen molar-refractivity contribution < 1.29 is 0 Å². The molecule has 0 saturated heterocycles. The number of nitriles is 2. The summed E-state index contributed by atoms with van der Waals surface area (Å²) in [6.45, 7) is 0. The van der Waals surface area contributed by atoms with Crippen molar-refractivity contribution >= 4 is 35.7 Å². The molecule has 6 heteroatoms. The molecular formula is C14H8Cl2N4. The zero-order chi connectivity index (χ0) is 13.7. The Labute approximate surface area is 127 Å². The van der Waals surface area contributed by atoms with Gasteiger partial charge >= 0.3 is 0 Å². The summed E-state index contributed by atoms with van der Waals surface area (Å²) in [7, 11) is 0. The minimum absolute atomic E-state index is 0. The van der Waals surface area contributed by atoms with Crippen LogP contribution in [0.15, 0.2) is 36.7 Å². The van der Waals surface area contributed by atoms with E-state index in [4.69, 9.17) is 16.9 Å². The second-order valence-electron chi connectivity index (χ2n) is 3.58. The van der Waals surface area contributed by atoms with Crippen molar-refractivity contribution in [1.82, 2.24) is 9.97 Å². The van der Waals surface area contributed by atoms with Gasteiger partial charge in [-0.25, -0.2) is 9.97 Å². The van der Waals surface area contributed by atoms with Gasteiger partial charge in [-0.05, 0) is 11.6 Å². The van der Waals surface area contributed by atoms with Gasteiger partial charge in [0.15, 0.2) is 5.15 Å². The molecule has 0 aliphatic heterocycles. The predicted octanol–water partition coefficient (Wildman–Crippen LogP) is 3.49. The highest BCUT2D eigenvalue weighted by Gasteiger charge is 2.13. The maximum atomic E-state index is 9.22. The van der Waals surface area contributed by atoms with Crippen molar-refractivity contribution in [2.75, 3.05) is 0 Å². The van der Waals surface area contributed by atoms with E-state index >= 15 is 0 Å². The average molecular weight is 303 g/mol. The predicted molar refractivity (Wildman–Crippen MR) is 78.9 cm³/mol. The fourth-order valence-corrected chi connectivity index (χ4v) is 1.71. The number of halogens is 2. The molecule has 0 spiro atoms. The highest BCUT2D eigenvalue weighted by molar-refractivity contribution is 6.30. The van der Waals surface area contributed by atoms with E-state index in [0.29, 0.717) is 0 Å². The molecule has 2 aromatic rings. The first-order valence-corrected chi connectivity index (χ1v) is 5.72. The first-order valence-electron chi connectivity index (χ1n) is 5.34. The lowest BCUT2D eigenvalue weighted by Gasteiger charge is -2.02. The highest BCUT2D eigenvalue weighted by Crippen LogP contribution is 2.22. The zero-order valence-corrected chi connectivity index (χ0v) is 11.7. The highest BCUT2D eigenvalue weighted by atomic mass is 35.5. The summed E-state index contributed by atoms with van der Waals surface area (Å²) in [6.07, 6.45) is 2.88. The number of benzene rings is 1. The van der Waals surface area contributed by atoms with Crippen molar-refractivity contribution in [2.45, 2.75) is 0 Å². The van der Waals surface area contributed by atoms with Crippen LogP contribution in [-0.2, 0) is 0 Å². The molecule has 0 N–H and O–H groups in total. The first kappa shape index (κ1) is 15.7. The minimum Gasteiger partial charge on any atom is -0.234 e. The van der Waals surface area contributed by atoms with Crippen LogP contribution in [0.4, 0.5) is 0 Å². The fraction of sp³-hybridized carbons (Fsp3) is 0. The van der Waals surface area contributed by atoms with Crippen molar-refractivity contribution in [3.8, 4) is 12.1 Å². The molecule has 0 unspecified atom stereocenters. The molecule has 0 aliphatic carbocycles. The van der Waals surface area contributed by atoms with Crippen molar-refractivity contribution in [3.05, 3.63) is 58.6 Å². The third kappa shape index (κ3) is 3.33. The lowest BCUT2D eigenvalue weighted by atomic mass is 10.1. The van der Waals surface area contributed by atoms with Gasteiger partial charge in [0.1, 0.15) is 29.7 Å². The van der Waals surface area contributed by atoms with Crippen molar-refractivity contribution in [1.29, 1.82) is 10.5 Å². The zero-order valence-electron chi connectivity index (χ0n) is 10.1. The Kier molecular flexibility index (Phi) is 5.68. The second-order valence-corrected chi connectivity index (χ2v) is 3.94. The van der Waals surface area contributed by atoms with E-state index in [0.717, 1.165) is 5.56 Å². The smallest absolute Gasteiger partial charge is 0.150 e. The van der Waals surface area contributed by atoms with Gasteiger partial charge in [-0.3, -0.25) is 0 Å². The molecule has 98 valence electrons. The molecular weight excluding hydrogens is 295 g/mol. The van der Waals surface area contributed by atoms with Crippen LogP contribution in [0.2, 0.25) is 5.15 Å². The van der Waals surface area contributed by atoms with Gasteiger partial charge in [-0.2, -0.15) is 10.5 Å². The molecule has 4 nitrogen and oxygen atoms in total. The van der Waals surface area contributed by atoms with Crippen LogP contribution < -0.4 is 0 Å². The van der Waals surface area contributed by atoms with Crippen LogP contribution >= 0.6 is 24.0 Å². The third-order valence-electron chi connectivity index (χ3n) is 2.40. The van der Waals surface area contributed by atoms with Gasteiger partial charge in [-0.1, -0.05) is 41.9 Å². The lowest BCUT2D eigenvalue weighted by Crippen LogP contribution is -1.96. The Bertz CT molecular complexity index is 712. The largest absolute Gasteiger partial charge is 0.234 e. The monoisotopic (exact) mass is 302 g/mol. The van der Waals surface area contributed by atoms with Gasteiger partial charge in [0, 0.05) is 0 Å². The molecule has 0 bridgehead atoms. The normalized spacial score (nSPS) is 10.1. The lowest BCUT2D eigenvalue weighted by molar-refractivity contribution is 1.13. The Morgan fingerprint density at radius 2 is 1.85 bits per heavy atom. The number of aromatic nitrogens is 2. The molecule has 2 rings (SSSR count). The molecule has 0 atom stereocenters. The van der Waals surface area contributed by atoms with E-state index < -0.39 is 0 Å². The van der Waals surface area contributed by atoms with Crippen LogP contribution in [0.1, 0.15) is 16.8 Å². The summed E-state index contributed by atoms with van der Waals surface area (Å²) in [4.78, 5) is 7.70. The minimum atomic E-state index is 0. The quantitative estimate of drug-likeness (QED) is 0.629. The maximum Gasteiger partial charge on any atom is 0.150 e. The first-order chi connectivity index (χ1) is 9.26. The summed E-state index contributed by atoms with van der Waals surface area (Å²) < 4.78 is 0. The number of hydrogen-bond acceptors (Lipinski definition) is 4. The molecule has 0 radical (unpaired) electrons. The van der Waals surface area contributed by atoms with Crippen LogP contribution in [0.25, 0.3) is 11.6 Å². The second kappa shape index (κ2) is 7.25. The van der Waals surface area contributed by atoms with E-state index in [1.54, 1.807) is 6.08 Å². The van der Waals surface area contributed by atoms with E-state index in [1.807, 2.05) is 42.5 Å². The number of nitrogens with zero attached hydrogens (tertiary/aromatic N) is 4. The molecule has 0 fully saturated rings. The van der Waals surface area contributed by atoms with Crippen LogP contribution in [0.3, 0.4) is 0 Å². The van der Waals surface area contributed by atoms with Crippen molar-refractivity contribution in [2.24, 2.45) is 0 Å². The summed E-state index contributed by atoms with van der Waals surface area (Å²) in [5, 5.41) is 18.3. The standard InChI is InChI=1S/C14H7ClN4.ClH/c15-14-12(8-17)13(18-9-19-14)11(7-16)6-10-4-2-1-3-5-10;/h1-6,9H;1H/b11-6-;. The molecule has 0 amide bonds. The Hall–Kier alpha value is -2.40. The Balaban J connectivity index is 0.00000200. The van der Waals surface area contributed by atoms with Gasteiger partial charge in [0.05, 0.1) is 5.57 Å². The summed E-state index contributed by atoms with van der Waals surface area (Å²) in [5.74, 6) is 0. The number of hydrogen-bond donors (Lipinski definition) is 0.